The Bertz CT molecular complexity index is 430. The lowest BCUT2D eigenvalue weighted by atomic mass is 9.76. The Morgan fingerprint density at radius 2 is 1.50 bits per heavy atom. The molecule has 1 saturated heterocycles. The van der Waals surface area contributed by atoms with Crippen LogP contribution in [0.3, 0.4) is 0 Å². The second-order valence-electron chi connectivity index (χ2n) is 5.52. The van der Waals surface area contributed by atoms with Crippen molar-refractivity contribution in [2.75, 3.05) is 0 Å². The zero-order valence-electron chi connectivity index (χ0n) is 11.0. The monoisotopic (exact) mass is 374 g/mol. The maximum atomic E-state index is 6.08. The second kappa shape index (κ2) is 4.93. The Labute approximate surface area is 126 Å². The van der Waals surface area contributed by atoms with Crippen molar-refractivity contribution in [2.45, 2.75) is 42.6 Å². The van der Waals surface area contributed by atoms with E-state index in [4.69, 9.17) is 9.31 Å². The molecule has 1 aromatic carbocycles. The molecule has 1 aromatic rings. The summed E-state index contributed by atoms with van der Waals surface area (Å²) >= 11 is 7.09. The molecule has 1 aliphatic heterocycles. The third kappa shape index (κ3) is 2.55. The topological polar surface area (TPSA) is 18.5 Å². The van der Waals surface area contributed by atoms with Crippen LogP contribution < -0.4 is 5.46 Å². The van der Waals surface area contributed by atoms with Crippen molar-refractivity contribution >= 4 is 44.4 Å². The van der Waals surface area contributed by atoms with Gasteiger partial charge in [-0.1, -0.05) is 56.1 Å². The van der Waals surface area contributed by atoms with E-state index in [1.54, 1.807) is 0 Å². The van der Waals surface area contributed by atoms with E-state index in [9.17, 15) is 0 Å². The Kier molecular flexibility index (Phi) is 3.99. The molecule has 1 fully saturated rings. The largest absolute Gasteiger partial charge is 0.495 e. The third-order valence-corrected chi connectivity index (χ3v) is 4.72. The molecule has 0 aromatic heterocycles. The van der Waals surface area contributed by atoms with Gasteiger partial charge in [-0.25, -0.2) is 0 Å². The zero-order chi connectivity index (χ0) is 13.6. The van der Waals surface area contributed by atoms with Crippen molar-refractivity contribution in [1.29, 1.82) is 0 Å². The van der Waals surface area contributed by atoms with Crippen LogP contribution in [0.1, 0.15) is 37.0 Å². The fourth-order valence-electron chi connectivity index (χ4n) is 1.89. The van der Waals surface area contributed by atoms with E-state index in [0.717, 1.165) is 11.0 Å². The zero-order valence-corrected chi connectivity index (χ0v) is 14.2. The quantitative estimate of drug-likeness (QED) is 0.578. The highest BCUT2D eigenvalue weighted by atomic mass is 79.9. The van der Waals surface area contributed by atoms with E-state index in [1.165, 1.54) is 0 Å². The van der Waals surface area contributed by atoms with Crippen LogP contribution in [0, 0.1) is 0 Å². The second-order valence-corrected chi connectivity index (χ2v) is 8.58. The molecule has 2 nitrogen and oxygen atoms in total. The molecule has 18 heavy (non-hydrogen) atoms. The Hall–Kier alpha value is 0.165. The molecule has 2 rings (SSSR count). The smallest absolute Gasteiger partial charge is 0.399 e. The predicted octanol–water partition coefficient (Wildman–Crippen LogP) is 3.77. The van der Waals surface area contributed by atoms with E-state index in [-0.39, 0.29) is 22.1 Å². The highest BCUT2D eigenvalue weighted by molar-refractivity contribution is 9.24. The molecular weight excluding hydrogens is 359 g/mol. The summed E-state index contributed by atoms with van der Waals surface area (Å²) in [7, 11) is -0.316. The molecule has 5 heteroatoms. The molecule has 98 valence electrons. The van der Waals surface area contributed by atoms with Gasteiger partial charge in [0.25, 0.3) is 0 Å². The summed E-state index contributed by atoms with van der Waals surface area (Å²) in [5.41, 5.74) is 1.59. The Morgan fingerprint density at radius 3 is 2.00 bits per heavy atom. The average molecular weight is 376 g/mol. The molecule has 0 atom stereocenters. The number of hydrogen-bond acceptors (Lipinski definition) is 2. The lowest BCUT2D eigenvalue weighted by Gasteiger charge is -2.32. The lowest BCUT2D eigenvalue weighted by Crippen LogP contribution is -2.41. The van der Waals surface area contributed by atoms with E-state index in [2.05, 4.69) is 65.6 Å². The minimum Gasteiger partial charge on any atom is -0.399 e. The molecule has 1 heterocycles. The average Bonchev–Trinajstić information content (AvgIpc) is 2.48. The number of rotatable bonds is 2. The van der Waals surface area contributed by atoms with Crippen LogP contribution in [0.5, 0.6) is 0 Å². The molecule has 0 aliphatic carbocycles. The molecule has 1 aliphatic rings. The number of halogens is 2. The first-order chi connectivity index (χ1) is 8.24. The van der Waals surface area contributed by atoms with Crippen molar-refractivity contribution in [3.63, 3.8) is 0 Å². The third-order valence-electron chi connectivity index (χ3n) is 3.74. The van der Waals surface area contributed by atoms with Gasteiger partial charge in [-0.2, -0.15) is 0 Å². The molecule has 0 N–H and O–H groups in total. The van der Waals surface area contributed by atoms with Gasteiger partial charge in [-0.15, -0.1) is 0 Å². The summed E-state index contributed by atoms with van der Waals surface area (Å²) in [5.74, 6) is 0. The maximum Gasteiger partial charge on any atom is 0.495 e. The van der Waals surface area contributed by atoms with Gasteiger partial charge in [0.15, 0.2) is 0 Å². The fraction of sp³-hybridized carbons (Fsp3) is 0.538. The van der Waals surface area contributed by atoms with E-state index in [0.29, 0.717) is 0 Å². The van der Waals surface area contributed by atoms with E-state index >= 15 is 0 Å². The van der Waals surface area contributed by atoms with Gasteiger partial charge in [0.2, 0.25) is 0 Å². The molecule has 0 spiro atoms. The summed E-state index contributed by atoms with van der Waals surface area (Å²) in [4.78, 5) is 0. The van der Waals surface area contributed by atoms with Crippen LogP contribution in [0.25, 0.3) is 0 Å². The van der Waals surface area contributed by atoms with Gasteiger partial charge in [-0.3, -0.25) is 0 Å². The molecular formula is C13H17BBr2O2. The Balaban J connectivity index is 2.35. The summed E-state index contributed by atoms with van der Waals surface area (Å²) < 4.78 is 12.3. The van der Waals surface area contributed by atoms with Gasteiger partial charge in [-0.05, 0) is 38.7 Å². The SMILES string of the molecule is CC1(C)OB(c2ccccc2C(Br)Br)OC1(C)C. The molecule has 0 radical (unpaired) electrons. The lowest BCUT2D eigenvalue weighted by molar-refractivity contribution is 0.00578. The first kappa shape index (κ1) is 14.6. The van der Waals surface area contributed by atoms with Crippen molar-refractivity contribution < 1.29 is 9.31 Å². The summed E-state index contributed by atoms with van der Waals surface area (Å²) in [5, 5.41) is 0. The van der Waals surface area contributed by atoms with Gasteiger partial charge in [0.1, 0.15) is 0 Å². The van der Waals surface area contributed by atoms with Crippen molar-refractivity contribution in [3.05, 3.63) is 29.8 Å². The van der Waals surface area contributed by atoms with Crippen molar-refractivity contribution in [2.24, 2.45) is 0 Å². The molecule has 0 unspecified atom stereocenters. The van der Waals surface area contributed by atoms with Crippen molar-refractivity contribution in [3.8, 4) is 0 Å². The standard InChI is InChI=1S/C13H17BBr2O2/c1-12(2)13(3,4)18-14(17-12)10-8-6-5-7-9(10)11(15)16/h5-8,11H,1-4H3. The van der Waals surface area contributed by atoms with Crippen LogP contribution >= 0.6 is 31.9 Å². The van der Waals surface area contributed by atoms with E-state index in [1.807, 2.05) is 18.2 Å². The molecule has 0 bridgehead atoms. The highest BCUT2D eigenvalue weighted by Crippen LogP contribution is 2.37. The van der Waals surface area contributed by atoms with Gasteiger partial charge >= 0.3 is 7.12 Å². The summed E-state index contributed by atoms with van der Waals surface area (Å²) in [6.07, 6.45) is 0. The summed E-state index contributed by atoms with van der Waals surface area (Å²) in [6.45, 7) is 8.26. The van der Waals surface area contributed by atoms with Gasteiger partial charge in [0.05, 0.1) is 14.9 Å². The van der Waals surface area contributed by atoms with Gasteiger partial charge in [0, 0.05) is 0 Å². The summed E-state index contributed by atoms with van der Waals surface area (Å²) in [6, 6.07) is 8.13. The highest BCUT2D eigenvalue weighted by Gasteiger charge is 2.52. The van der Waals surface area contributed by atoms with Crippen LogP contribution in [-0.4, -0.2) is 18.3 Å². The van der Waals surface area contributed by atoms with Crippen LogP contribution in [0.2, 0.25) is 0 Å². The van der Waals surface area contributed by atoms with Crippen molar-refractivity contribution in [1.82, 2.24) is 0 Å². The first-order valence-corrected chi connectivity index (χ1v) is 7.80. The number of benzene rings is 1. The number of alkyl halides is 2. The first-order valence-electron chi connectivity index (χ1n) is 5.97. The maximum absolute atomic E-state index is 6.08. The molecule has 0 amide bonds. The van der Waals surface area contributed by atoms with Crippen LogP contribution in [-0.2, 0) is 9.31 Å². The minimum atomic E-state index is -0.316. The van der Waals surface area contributed by atoms with Crippen LogP contribution in [0.15, 0.2) is 24.3 Å². The molecule has 0 saturated carbocycles. The van der Waals surface area contributed by atoms with Crippen LogP contribution in [0.4, 0.5) is 0 Å². The normalized spacial score (nSPS) is 21.6. The van der Waals surface area contributed by atoms with E-state index < -0.39 is 0 Å². The Morgan fingerprint density at radius 1 is 1.00 bits per heavy atom. The minimum absolute atomic E-state index is 0.0974. The fourth-order valence-corrected chi connectivity index (χ4v) is 2.73. The predicted molar refractivity (Wildman–Crippen MR) is 82.8 cm³/mol. The number of hydrogen-bond donors (Lipinski definition) is 0. The van der Waals surface area contributed by atoms with Gasteiger partial charge < -0.3 is 9.31 Å².